The van der Waals surface area contributed by atoms with Gasteiger partial charge in [0.1, 0.15) is 11.3 Å². The molecule has 2 aromatic heterocycles. The summed E-state index contributed by atoms with van der Waals surface area (Å²) in [5, 5.41) is 4.13. The molecule has 3 rings (SSSR count). The molecule has 0 saturated carbocycles. The van der Waals surface area contributed by atoms with Crippen LogP contribution in [0.5, 0.6) is 11.6 Å². The topological polar surface area (TPSA) is 65.4 Å². The largest absolute Gasteiger partial charge is 0.437 e. The number of anilines is 1. The van der Waals surface area contributed by atoms with Crippen molar-refractivity contribution in [1.82, 2.24) is 14.6 Å². The minimum Gasteiger partial charge on any atom is -0.437 e. The first kappa shape index (κ1) is 10.6. The van der Waals surface area contributed by atoms with Crippen molar-refractivity contribution in [1.29, 1.82) is 0 Å². The van der Waals surface area contributed by atoms with Crippen LogP contribution in [-0.2, 0) is 0 Å². The third kappa shape index (κ3) is 1.75. The van der Waals surface area contributed by atoms with E-state index in [4.69, 9.17) is 10.5 Å². The molecule has 5 nitrogen and oxygen atoms in total. The third-order valence-electron chi connectivity index (χ3n) is 2.69. The summed E-state index contributed by atoms with van der Waals surface area (Å²) in [6.45, 7) is 1.95. The predicted molar refractivity (Wildman–Crippen MR) is 68.7 cm³/mol. The summed E-state index contributed by atoms with van der Waals surface area (Å²) in [7, 11) is 0. The van der Waals surface area contributed by atoms with E-state index in [0.29, 0.717) is 5.88 Å². The molecule has 5 heteroatoms. The van der Waals surface area contributed by atoms with Gasteiger partial charge in [-0.05, 0) is 36.8 Å². The molecule has 0 aliphatic rings. The highest BCUT2D eigenvalue weighted by atomic mass is 16.5. The van der Waals surface area contributed by atoms with Crippen LogP contribution in [0.25, 0.3) is 5.52 Å². The lowest BCUT2D eigenvalue weighted by atomic mass is 10.2. The van der Waals surface area contributed by atoms with E-state index in [1.54, 1.807) is 29.2 Å². The number of nitrogens with zero attached hydrogens (tertiary/aromatic N) is 3. The Labute approximate surface area is 104 Å². The van der Waals surface area contributed by atoms with Gasteiger partial charge in [0.15, 0.2) is 0 Å². The second-order valence-electron chi connectivity index (χ2n) is 4.02. The number of nitrogen functional groups attached to an aromatic ring is 1. The van der Waals surface area contributed by atoms with Gasteiger partial charge in [0, 0.05) is 18.1 Å². The summed E-state index contributed by atoms with van der Waals surface area (Å²) in [5.41, 5.74) is 8.23. The summed E-state index contributed by atoms with van der Waals surface area (Å²) >= 11 is 0. The first-order chi connectivity index (χ1) is 8.74. The Morgan fingerprint density at radius 3 is 2.94 bits per heavy atom. The van der Waals surface area contributed by atoms with E-state index >= 15 is 0 Å². The Hall–Kier alpha value is -2.56. The number of rotatable bonds is 2. The SMILES string of the molecule is Cc1cc(N)ccc1Oc1nccn2nccc12. The zero-order valence-electron chi connectivity index (χ0n) is 9.87. The molecule has 2 heterocycles. The summed E-state index contributed by atoms with van der Waals surface area (Å²) in [4.78, 5) is 4.22. The van der Waals surface area contributed by atoms with Gasteiger partial charge < -0.3 is 10.5 Å². The fourth-order valence-electron chi connectivity index (χ4n) is 1.80. The predicted octanol–water partition coefficient (Wildman–Crippen LogP) is 2.41. The van der Waals surface area contributed by atoms with Crippen LogP contribution in [0.1, 0.15) is 5.56 Å². The van der Waals surface area contributed by atoms with Crippen molar-refractivity contribution >= 4 is 11.2 Å². The lowest BCUT2D eigenvalue weighted by molar-refractivity contribution is 0.462. The van der Waals surface area contributed by atoms with Crippen molar-refractivity contribution in [3.63, 3.8) is 0 Å². The Bertz CT molecular complexity index is 705. The average Bonchev–Trinajstić information content (AvgIpc) is 2.82. The van der Waals surface area contributed by atoms with E-state index < -0.39 is 0 Å². The van der Waals surface area contributed by atoms with Gasteiger partial charge in [0.25, 0.3) is 0 Å². The van der Waals surface area contributed by atoms with Gasteiger partial charge in [-0.1, -0.05) is 0 Å². The van der Waals surface area contributed by atoms with Crippen molar-refractivity contribution in [2.75, 3.05) is 5.73 Å². The Balaban J connectivity index is 2.03. The van der Waals surface area contributed by atoms with Crippen molar-refractivity contribution in [3.8, 4) is 11.6 Å². The van der Waals surface area contributed by atoms with Crippen LogP contribution in [0.4, 0.5) is 5.69 Å². The molecule has 0 atom stereocenters. The molecule has 0 aliphatic carbocycles. The molecule has 0 bridgehead atoms. The molecule has 3 aromatic rings. The lowest BCUT2D eigenvalue weighted by Crippen LogP contribution is -1.95. The van der Waals surface area contributed by atoms with Gasteiger partial charge in [0.05, 0.1) is 6.20 Å². The minimum atomic E-state index is 0.530. The number of fused-ring (bicyclic) bond motifs is 1. The highest BCUT2D eigenvalue weighted by Gasteiger charge is 2.07. The van der Waals surface area contributed by atoms with Crippen molar-refractivity contribution < 1.29 is 4.74 Å². The quantitative estimate of drug-likeness (QED) is 0.698. The maximum Gasteiger partial charge on any atom is 0.245 e. The maximum atomic E-state index is 5.81. The van der Waals surface area contributed by atoms with Crippen LogP contribution in [0.15, 0.2) is 42.9 Å². The first-order valence-electron chi connectivity index (χ1n) is 5.56. The first-order valence-corrected chi connectivity index (χ1v) is 5.56. The monoisotopic (exact) mass is 240 g/mol. The summed E-state index contributed by atoms with van der Waals surface area (Å²) in [6.07, 6.45) is 5.14. The summed E-state index contributed by atoms with van der Waals surface area (Å²) in [6, 6.07) is 7.37. The van der Waals surface area contributed by atoms with Crippen LogP contribution < -0.4 is 10.5 Å². The highest BCUT2D eigenvalue weighted by Crippen LogP contribution is 2.27. The van der Waals surface area contributed by atoms with Gasteiger partial charge in [-0.3, -0.25) is 0 Å². The molecule has 0 spiro atoms. The number of ether oxygens (including phenoxy) is 1. The smallest absolute Gasteiger partial charge is 0.245 e. The van der Waals surface area contributed by atoms with Gasteiger partial charge in [0.2, 0.25) is 5.88 Å². The van der Waals surface area contributed by atoms with Crippen molar-refractivity contribution in [3.05, 3.63) is 48.4 Å². The van der Waals surface area contributed by atoms with E-state index in [-0.39, 0.29) is 0 Å². The number of aromatic nitrogens is 3. The Kier molecular flexibility index (Phi) is 2.37. The number of benzene rings is 1. The van der Waals surface area contributed by atoms with Crippen LogP contribution in [-0.4, -0.2) is 14.6 Å². The molecule has 0 fully saturated rings. The van der Waals surface area contributed by atoms with Gasteiger partial charge in [-0.25, -0.2) is 9.50 Å². The third-order valence-corrected chi connectivity index (χ3v) is 2.69. The Morgan fingerprint density at radius 2 is 2.11 bits per heavy atom. The summed E-state index contributed by atoms with van der Waals surface area (Å²) in [5.74, 6) is 1.27. The molecule has 0 radical (unpaired) electrons. The summed E-state index contributed by atoms with van der Waals surface area (Å²) < 4.78 is 7.53. The number of hydrogen-bond acceptors (Lipinski definition) is 4. The zero-order chi connectivity index (χ0) is 12.5. The molecule has 0 amide bonds. The van der Waals surface area contributed by atoms with E-state index in [2.05, 4.69) is 10.1 Å². The van der Waals surface area contributed by atoms with Crippen LogP contribution in [0, 0.1) is 6.92 Å². The maximum absolute atomic E-state index is 5.81. The van der Waals surface area contributed by atoms with E-state index in [9.17, 15) is 0 Å². The molecule has 0 saturated heterocycles. The number of nitrogens with two attached hydrogens (primary N) is 1. The Morgan fingerprint density at radius 1 is 1.22 bits per heavy atom. The number of hydrogen-bond donors (Lipinski definition) is 1. The molecule has 18 heavy (non-hydrogen) atoms. The molecule has 2 N–H and O–H groups in total. The van der Waals surface area contributed by atoms with E-state index in [1.807, 2.05) is 25.1 Å². The molecule has 0 aliphatic heterocycles. The fraction of sp³-hybridized carbons (Fsp3) is 0.0769. The van der Waals surface area contributed by atoms with Crippen molar-refractivity contribution in [2.24, 2.45) is 0 Å². The van der Waals surface area contributed by atoms with Crippen LogP contribution in [0.2, 0.25) is 0 Å². The number of aryl methyl sites for hydroxylation is 1. The molecule has 0 unspecified atom stereocenters. The standard InChI is InChI=1S/C13H12N4O/c1-9-8-10(14)2-3-12(9)18-13-11-4-5-16-17(11)7-6-15-13/h2-8H,14H2,1H3. The second-order valence-corrected chi connectivity index (χ2v) is 4.02. The van der Waals surface area contributed by atoms with Gasteiger partial charge >= 0.3 is 0 Å². The van der Waals surface area contributed by atoms with Gasteiger partial charge in [-0.2, -0.15) is 5.10 Å². The zero-order valence-corrected chi connectivity index (χ0v) is 9.87. The van der Waals surface area contributed by atoms with Crippen molar-refractivity contribution in [2.45, 2.75) is 6.92 Å². The molecular weight excluding hydrogens is 228 g/mol. The van der Waals surface area contributed by atoms with Crippen LogP contribution in [0.3, 0.4) is 0 Å². The molecular formula is C13H12N4O. The van der Waals surface area contributed by atoms with Crippen LogP contribution >= 0.6 is 0 Å². The molecule has 90 valence electrons. The lowest BCUT2D eigenvalue weighted by Gasteiger charge is -2.09. The molecule has 1 aromatic carbocycles. The minimum absolute atomic E-state index is 0.530. The highest BCUT2D eigenvalue weighted by molar-refractivity contribution is 5.57. The van der Waals surface area contributed by atoms with E-state index in [0.717, 1.165) is 22.5 Å². The van der Waals surface area contributed by atoms with E-state index in [1.165, 1.54) is 0 Å². The average molecular weight is 240 g/mol. The second kappa shape index (κ2) is 4.03. The normalized spacial score (nSPS) is 10.7. The van der Waals surface area contributed by atoms with Gasteiger partial charge in [-0.15, -0.1) is 0 Å². The fourth-order valence-corrected chi connectivity index (χ4v) is 1.80.